The molecule has 11 heteroatoms. The summed E-state index contributed by atoms with van der Waals surface area (Å²) >= 11 is 2.60. The Morgan fingerprint density at radius 2 is 2.14 bits per heavy atom. The normalized spacial score (nSPS) is 11.0. The monoisotopic (exact) mass is 430 g/mol. The minimum atomic E-state index is -0.490. The van der Waals surface area contributed by atoms with Gasteiger partial charge in [0.15, 0.2) is 10.9 Å². The molecule has 4 rings (SSSR count). The second-order valence-electron chi connectivity index (χ2n) is 5.87. The van der Waals surface area contributed by atoms with Gasteiger partial charge in [0, 0.05) is 18.1 Å². The molecule has 0 fully saturated rings. The number of thioether (sulfide) groups is 1. The summed E-state index contributed by atoms with van der Waals surface area (Å²) < 4.78 is 20.8. The number of carbonyl (C=O) groups is 1. The van der Waals surface area contributed by atoms with E-state index in [-0.39, 0.29) is 11.6 Å². The SMILES string of the molecule is CC(=O)N(c1nc(CSc2nnc(-c3ccco3)n2N)cs1)c1ccccc1F. The van der Waals surface area contributed by atoms with Crippen molar-refractivity contribution in [3.05, 3.63) is 59.6 Å². The topological polar surface area (TPSA) is 103 Å². The second kappa shape index (κ2) is 8.05. The van der Waals surface area contributed by atoms with E-state index in [0.717, 1.165) is 0 Å². The first kappa shape index (κ1) is 19.2. The minimum Gasteiger partial charge on any atom is -0.461 e. The molecule has 3 aromatic heterocycles. The maximum atomic E-state index is 14.2. The van der Waals surface area contributed by atoms with E-state index in [2.05, 4.69) is 15.2 Å². The number of furan rings is 1. The summed E-state index contributed by atoms with van der Waals surface area (Å²) in [4.78, 5) is 17.8. The predicted molar refractivity (Wildman–Crippen MR) is 109 cm³/mol. The molecule has 0 radical (unpaired) electrons. The van der Waals surface area contributed by atoms with Crippen LogP contribution in [0.15, 0.2) is 57.6 Å². The van der Waals surface area contributed by atoms with Gasteiger partial charge in [0.25, 0.3) is 0 Å². The first-order valence-corrected chi connectivity index (χ1v) is 10.3. The molecule has 2 N–H and O–H groups in total. The molecular weight excluding hydrogens is 415 g/mol. The van der Waals surface area contributed by atoms with Crippen LogP contribution in [0.4, 0.5) is 15.2 Å². The largest absolute Gasteiger partial charge is 0.461 e. The molecular formula is C18H15FN6O2S2. The molecule has 0 aliphatic carbocycles. The van der Waals surface area contributed by atoms with Crippen LogP contribution in [0, 0.1) is 5.82 Å². The van der Waals surface area contributed by atoms with Gasteiger partial charge in [0.1, 0.15) is 5.82 Å². The maximum Gasteiger partial charge on any atom is 0.230 e. The highest BCUT2D eigenvalue weighted by Gasteiger charge is 2.21. The van der Waals surface area contributed by atoms with Gasteiger partial charge in [-0.3, -0.25) is 9.69 Å². The van der Waals surface area contributed by atoms with Crippen molar-refractivity contribution in [2.24, 2.45) is 0 Å². The lowest BCUT2D eigenvalue weighted by Gasteiger charge is -2.18. The van der Waals surface area contributed by atoms with Crippen molar-refractivity contribution in [1.82, 2.24) is 19.9 Å². The van der Waals surface area contributed by atoms with Crippen LogP contribution in [0.3, 0.4) is 0 Å². The fourth-order valence-corrected chi connectivity index (χ4v) is 4.33. The molecule has 3 heterocycles. The lowest BCUT2D eigenvalue weighted by Crippen LogP contribution is -2.23. The van der Waals surface area contributed by atoms with Crippen LogP contribution >= 0.6 is 23.1 Å². The zero-order chi connectivity index (χ0) is 20.4. The molecule has 0 spiro atoms. The van der Waals surface area contributed by atoms with E-state index in [1.54, 1.807) is 30.3 Å². The van der Waals surface area contributed by atoms with Crippen LogP contribution in [0.5, 0.6) is 0 Å². The lowest BCUT2D eigenvalue weighted by molar-refractivity contribution is -0.115. The summed E-state index contributed by atoms with van der Waals surface area (Å²) in [6, 6.07) is 9.57. The third kappa shape index (κ3) is 3.87. The summed E-state index contributed by atoms with van der Waals surface area (Å²) in [7, 11) is 0. The summed E-state index contributed by atoms with van der Waals surface area (Å²) in [5.74, 6) is 6.61. The molecule has 0 saturated heterocycles. The van der Waals surface area contributed by atoms with Crippen molar-refractivity contribution in [2.75, 3.05) is 10.7 Å². The van der Waals surface area contributed by atoms with Crippen molar-refractivity contribution in [3.63, 3.8) is 0 Å². The van der Waals surface area contributed by atoms with Crippen LogP contribution in [-0.2, 0) is 10.5 Å². The van der Waals surface area contributed by atoms with Gasteiger partial charge in [0.05, 0.1) is 17.6 Å². The quantitative estimate of drug-likeness (QED) is 0.366. The number of nitrogens with zero attached hydrogens (tertiary/aromatic N) is 5. The van der Waals surface area contributed by atoms with E-state index in [9.17, 15) is 9.18 Å². The Balaban J connectivity index is 1.51. The van der Waals surface area contributed by atoms with Crippen LogP contribution in [-0.4, -0.2) is 25.8 Å². The molecule has 29 heavy (non-hydrogen) atoms. The zero-order valence-electron chi connectivity index (χ0n) is 15.2. The molecule has 1 aromatic carbocycles. The molecule has 0 aliphatic rings. The summed E-state index contributed by atoms with van der Waals surface area (Å²) in [5, 5.41) is 10.8. The number of aromatic nitrogens is 4. The number of rotatable bonds is 6. The van der Waals surface area contributed by atoms with E-state index < -0.39 is 5.82 Å². The first-order chi connectivity index (χ1) is 14.0. The number of thiazole rings is 1. The van der Waals surface area contributed by atoms with Crippen molar-refractivity contribution in [3.8, 4) is 11.6 Å². The summed E-state index contributed by atoms with van der Waals surface area (Å²) in [6.45, 7) is 1.37. The van der Waals surface area contributed by atoms with Gasteiger partial charge in [0.2, 0.25) is 16.9 Å². The fraction of sp³-hybridized carbons (Fsp3) is 0.111. The average Bonchev–Trinajstić information content (AvgIpc) is 3.43. The van der Waals surface area contributed by atoms with Crippen LogP contribution in [0.2, 0.25) is 0 Å². The number of nitrogen functional groups attached to an aromatic ring is 1. The van der Waals surface area contributed by atoms with Gasteiger partial charge in [-0.05, 0) is 24.3 Å². The van der Waals surface area contributed by atoms with Crippen LogP contribution in [0.1, 0.15) is 12.6 Å². The Bertz CT molecular complexity index is 1140. The predicted octanol–water partition coefficient (Wildman–Crippen LogP) is 3.82. The maximum absolute atomic E-state index is 14.2. The number of hydrogen-bond donors (Lipinski definition) is 1. The Morgan fingerprint density at radius 3 is 2.86 bits per heavy atom. The third-order valence-corrected chi connectivity index (χ3v) is 5.75. The highest BCUT2D eigenvalue weighted by atomic mass is 32.2. The molecule has 1 amide bonds. The van der Waals surface area contributed by atoms with E-state index in [1.165, 1.54) is 51.9 Å². The molecule has 0 bridgehead atoms. The first-order valence-electron chi connectivity index (χ1n) is 8.41. The van der Waals surface area contributed by atoms with Gasteiger partial charge >= 0.3 is 0 Å². The minimum absolute atomic E-state index is 0.165. The van der Waals surface area contributed by atoms with E-state index >= 15 is 0 Å². The number of hydrogen-bond acceptors (Lipinski definition) is 8. The number of anilines is 2. The summed E-state index contributed by atoms with van der Waals surface area (Å²) in [6.07, 6.45) is 1.53. The van der Waals surface area contributed by atoms with Gasteiger partial charge in [-0.2, -0.15) is 0 Å². The van der Waals surface area contributed by atoms with Crippen molar-refractivity contribution in [1.29, 1.82) is 0 Å². The van der Waals surface area contributed by atoms with Gasteiger partial charge in [-0.1, -0.05) is 23.9 Å². The number of carbonyl (C=O) groups excluding carboxylic acids is 1. The Labute approximate surface area is 173 Å². The average molecular weight is 430 g/mol. The highest BCUT2D eigenvalue weighted by molar-refractivity contribution is 7.98. The van der Waals surface area contributed by atoms with E-state index in [0.29, 0.717) is 33.3 Å². The number of amides is 1. The smallest absolute Gasteiger partial charge is 0.230 e. The van der Waals surface area contributed by atoms with Gasteiger partial charge in [-0.25, -0.2) is 14.1 Å². The Kier molecular flexibility index (Phi) is 5.32. The lowest BCUT2D eigenvalue weighted by atomic mass is 10.3. The Hall–Kier alpha value is -3.18. The molecule has 0 aliphatic heterocycles. The second-order valence-corrected chi connectivity index (χ2v) is 7.65. The molecule has 148 valence electrons. The standard InChI is InChI=1S/C18H15FN6O2S2/c1-11(26)24(14-6-3-2-5-13(14)19)17-21-12(9-28-17)10-29-18-23-22-16(25(18)20)15-7-4-8-27-15/h2-9H,10,20H2,1H3. The van der Waals surface area contributed by atoms with E-state index in [1.807, 2.05) is 5.38 Å². The molecule has 4 aromatic rings. The number of halogens is 1. The van der Waals surface area contributed by atoms with Gasteiger partial charge < -0.3 is 10.3 Å². The van der Waals surface area contributed by atoms with Crippen LogP contribution in [0.25, 0.3) is 11.6 Å². The molecule has 0 unspecified atom stereocenters. The fourth-order valence-electron chi connectivity index (χ4n) is 2.59. The number of nitrogens with two attached hydrogens (primary N) is 1. The highest BCUT2D eigenvalue weighted by Crippen LogP contribution is 2.32. The molecule has 0 saturated carbocycles. The Morgan fingerprint density at radius 1 is 1.31 bits per heavy atom. The van der Waals surface area contributed by atoms with Gasteiger partial charge in [-0.15, -0.1) is 21.5 Å². The summed E-state index contributed by atoms with van der Waals surface area (Å²) in [5.41, 5.74) is 0.874. The van der Waals surface area contributed by atoms with Crippen LogP contribution < -0.4 is 10.7 Å². The molecule has 0 atom stereocenters. The van der Waals surface area contributed by atoms with Crippen molar-refractivity contribution >= 4 is 39.8 Å². The number of para-hydroxylation sites is 1. The third-order valence-electron chi connectivity index (χ3n) is 3.89. The molecule has 8 nitrogen and oxygen atoms in total. The zero-order valence-corrected chi connectivity index (χ0v) is 16.8. The van der Waals surface area contributed by atoms with Crippen molar-refractivity contribution < 1.29 is 13.6 Å². The van der Waals surface area contributed by atoms with E-state index in [4.69, 9.17) is 10.3 Å². The number of benzene rings is 1. The van der Waals surface area contributed by atoms with Crippen molar-refractivity contribution in [2.45, 2.75) is 17.8 Å².